The Hall–Kier alpha value is -3.88. The Bertz CT molecular complexity index is 1090. The number of aryl methyl sites for hydroxylation is 2. The van der Waals surface area contributed by atoms with E-state index >= 15 is 0 Å². The van der Waals surface area contributed by atoms with E-state index in [1.807, 2.05) is 13.8 Å². The molecule has 1 heterocycles. The molecule has 5 N–H and O–H groups in total. The van der Waals surface area contributed by atoms with Crippen LogP contribution in [-0.2, 0) is 0 Å². The molecule has 0 spiro atoms. The summed E-state index contributed by atoms with van der Waals surface area (Å²) in [5.74, 6) is -2.79. The highest BCUT2D eigenvalue weighted by Gasteiger charge is 2.13. The lowest BCUT2D eigenvalue weighted by atomic mass is 10.1. The zero-order chi connectivity index (χ0) is 21.1. The Morgan fingerprint density at radius 1 is 0.793 bits per heavy atom. The Morgan fingerprint density at radius 2 is 1.31 bits per heavy atom. The minimum Gasteiger partial charge on any atom is -0.504 e. The number of fused-ring (bicyclic) bond motifs is 1. The summed E-state index contributed by atoms with van der Waals surface area (Å²) >= 11 is 0. The lowest BCUT2D eigenvalue weighted by Gasteiger charge is -2.09. The zero-order valence-electron chi connectivity index (χ0n) is 15.9. The third-order valence-electron chi connectivity index (χ3n) is 4.37. The molecule has 0 saturated heterocycles. The van der Waals surface area contributed by atoms with Gasteiger partial charge in [-0.2, -0.15) is 0 Å². The smallest absolute Gasteiger partial charge is 0.251 e. The first kappa shape index (κ1) is 19.9. The van der Waals surface area contributed by atoms with E-state index in [-0.39, 0.29) is 24.6 Å². The molecule has 0 bridgehead atoms. The van der Waals surface area contributed by atoms with E-state index in [1.54, 1.807) is 18.2 Å². The highest BCUT2D eigenvalue weighted by Crippen LogP contribution is 2.35. The van der Waals surface area contributed by atoms with Crippen molar-refractivity contribution in [1.82, 2.24) is 20.6 Å². The van der Waals surface area contributed by atoms with Gasteiger partial charge in [-0.1, -0.05) is 0 Å². The van der Waals surface area contributed by atoms with Crippen LogP contribution in [-0.4, -0.2) is 50.2 Å². The van der Waals surface area contributed by atoms with Gasteiger partial charge in [-0.05, 0) is 44.2 Å². The average Bonchev–Trinajstić information content (AvgIpc) is 2.69. The van der Waals surface area contributed by atoms with Crippen LogP contribution < -0.4 is 10.6 Å². The maximum atomic E-state index is 12.3. The highest BCUT2D eigenvalue weighted by molar-refractivity contribution is 5.97. The van der Waals surface area contributed by atoms with Crippen molar-refractivity contribution in [3.8, 4) is 17.2 Å². The first-order valence-corrected chi connectivity index (χ1v) is 8.82. The number of aromatic nitrogens is 2. The Morgan fingerprint density at radius 3 is 1.90 bits per heavy atom. The van der Waals surface area contributed by atoms with Gasteiger partial charge >= 0.3 is 0 Å². The number of carbonyl (C=O) groups excluding carboxylic acids is 2. The number of carbonyl (C=O) groups is 2. The van der Waals surface area contributed by atoms with Gasteiger partial charge < -0.3 is 26.0 Å². The molecule has 0 aliphatic rings. The number of phenols is 3. The van der Waals surface area contributed by atoms with Gasteiger partial charge in [0.05, 0.1) is 22.4 Å². The second-order valence-electron chi connectivity index (χ2n) is 6.47. The summed E-state index contributed by atoms with van der Waals surface area (Å²) < 4.78 is 0. The second kappa shape index (κ2) is 8.01. The van der Waals surface area contributed by atoms with Gasteiger partial charge in [-0.25, -0.2) is 9.97 Å². The van der Waals surface area contributed by atoms with Gasteiger partial charge in [0.1, 0.15) is 0 Å². The number of benzene rings is 2. The van der Waals surface area contributed by atoms with Gasteiger partial charge in [-0.3, -0.25) is 9.59 Å². The normalized spacial score (nSPS) is 10.7. The molecule has 1 aromatic heterocycles. The van der Waals surface area contributed by atoms with Crippen LogP contribution in [0.1, 0.15) is 32.1 Å². The first-order valence-electron chi connectivity index (χ1n) is 8.82. The van der Waals surface area contributed by atoms with Crippen molar-refractivity contribution in [2.24, 2.45) is 0 Å². The molecule has 150 valence electrons. The number of nitrogens with zero attached hydrogens (tertiary/aromatic N) is 2. The Balaban J connectivity index is 1.56. The maximum Gasteiger partial charge on any atom is 0.251 e. The fourth-order valence-electron chi connectivity index (χ4n) is 2.66. The van der Waals surface area contributed by atoms with E-state index in [2.05, 4.69) is 20.6 Å². The molecule has 0 radical (unpaired) electrons. The number of hydrogen-bond donors (Lipinski definition) is 5. The standard InChI is InChI=1S/C20H20N4O5/c1-10-11(2)24-15-7-12(3-4-14(15)23-10)19(28)21-5-6-22-20(29)13-8-16(25)18(27)17(26)9-13/h3-4,7-9,25-27H,5-6H2,1-2H3,(H,21,28)(H,22,29). The maximum absolute atomic E-state index is 12.3. The number of nitrogens with one attached hydrogen (secondary N) is 2. The monoisotopic (exact) mass is 396 g/mol. The molecule has 0 unspecified atom stereocenters. The van der Waals surface area contributed by atoms with Gasteiger partial charge in [0.15, 0.2) is 17.2 Å². The molecule has 0 saturated carbocycles. The molecule has 29 heavy (non-hydrogen) atoms. The van der Waals surface area contributed by atoms with Crippen molar-refractivity contribution in [2.45, 2.75) is 13.8 Å². The summed E-state index contributed by atoms with van der Waals surface area (Å²) in [5, 5.41) is 33.4. The van der Waals surface area contributed by atoms with Gasteiger partial charge in [0.25, 0.3) is 11.8 Å². The molecule has 3 rings (SSSR count). The van der Waals surface area contributed by atoms with Crippen LogP contribution in [0.3, 0.4) is 0 Å². The van der Waals surface area contributed by atoms with E-state index in [9.17, 15) is 24.9 Å². The van der Waals surface area contributed by atoms with Crippen LogP contribution in [0.15, 0.2) is 30.3 Å². The van der Waals surface area contributed by atoms with Crippen LogP contribution >= 0.6 is 0 Å². The summed E-state index contributed by atoms with van der Waals surface area (Å²) in [4.78, 5) is 33.2. The summed E-state index contributed by atoms with van der Waals surface area (Å²) in [7, 11) is 0. The third kappa shape index (κ3) is 4.34. The minimum atomic E-state index is -0.695. The molecule has 0 aliphatic carbocycles. The predicted octanol–water partition coefficient (Wildman–Crippen LogP) is 1.52. The Kier molecular flexibility index (Phi) is 5.49. The van der Waals surface area contributed by atoms with Crippen molar-refractivity contribution < 1.29 is 24.9 Å². The summed E-state index contributed by atoms with van der Waals surface area (Å²) in [6, 6.07) is 7.10. The molecule has 0 aliphatic heterocycles. The van der Waals surface area contributed by atoms with Crippen molar-refractivity contribution in [1.29, 1.82) is 0 Å². The first-order chi connectivity index (χ1) is 13.8. The average molecular weight is 396 g/mol. The highest BCUT2D eigenvalue weighted by atomic mass is 16.3. The van der Waals surface area contributed by atoms with E-state index in [1.165, 1.54) is 0 Å². The fourth-order valence-corrected chi connectivity index (χ4v) is 2.66. The molecule has 2 aromatic carbocycles. The SMILES string of the molecule is Cc1nc2ccc(C(=O)NCCNC(=O)c3cc(O)c(O)c(O)c3)cc2nc1C. The number of phenolic OH excluding ortho intramolecular Hbond substituents is 3. The van der Waals surface area contributed by atoms with Crippen molar-refractivity contribution in [2.75, 3.05) is 13.1 Å². The zero-order valence-corrected chi connectivity index (χ0v) is 15.9. The molecular formula is C20H20N4O5. The predicted molar refractivity (Wildman–Crippen MR) is 105 cm³/mol. The van der Waals surface area contributed by atoms with Gasteiger partial charge in [0.2, 0.25) is 0 Å². The molecule has 0 fully saturated rings. The number of rotatable bonds is 5. The number of amides is 2. The van der Waals surface area contributed by atoms with Crippen LogP contribution in [0.2, 0.25) is 0 Å². The van der Waals surface area contributed by atoms with Crippen LogP contribution in [0, 0.1) is 13.8 Å². The van der Waals surface area contributed by atoms with Crippen LogP contribution in [0.5, 0.6) is 17.2 Å². The molecule has 9 heteroatoms. The molecule has 0 atom stereocenters. The Labute approximate surface area is 166 Å². The van der Waals surface area contributed by atoms with Crippen molar-refractivity contribution >= 4 is 22.8 Å². The lowest BCUT2D eigenvalue weighted by Crippen LogP contribution is -2.34. The van der Waals surface area contributed by atoms with Crippen LogP contribution in [0.4, 0.5) is 0 Å². The summed E-state index contributed by atoms with van der Waals surface area (Å²) in [6.07, 6.45) is 0. The quantitative estimate of drug-likeness (QED) is 0.325. The van der Waals surface area contributed by atoms with E-state index in [4.69, 9.17) is 0 Å². The summed E-state index contributed by atoms with van der Waals surface area (Å²) in [6.45, 7) is 4.01. The third-order valence-corrected chi connectivity index (χ3v) is 4.37. The van der Waals surface area contributed by atoms with E-state index in [0.29, 0.717) is 16.6 Å². The van der Waals surface area contributed by atoms with Gasteiger partial charge in [-0.15, -0.1) is 0 Å². The second-order valence-corrected chi connectivity index (χ2v) is 6.47. The van der Waals surface area contributed by atoms with E-state index < -0.39 is 23.2 Å². The topological polar surface area (TPSA) is 145 Å². The van der Waals surface area contributed by atoms with Crippen LogP contribution in [0.25, 0.3) is 11.0 Å². The van der Waals surface area contributed by atoms with Gasteiger partial charge in [0, 0.05) is 24.2 Å². The molecule has 9 nitrogen and oxygen atoms in total. The number of hydrogen-bond acceptors (Lipinski definition) is 7. The molecule has 2 amide bonds. The lowest BCUT2D eigenvalue weighted by molar-refractivity contribution is 0.0927. The molecule has 3 aromatic rings. The minimum absolute atomic E-state index is 0.0251. The molecular weight excluding hydrogens is 376 g/mol. The number of aromatic hydroxyl groups is 3. The van der Waals surface area contributed by atoms with E-state index in [0.717, 1.165) is 23.5 Å². The van der Waals surface area contributed by atoms with Crippen molar-refractivity contribution in [3.63, 3.8) is 0 Å². The van der Waals surface area contributed by atoms with Crippen molar-refractivity contribution in [3.05, 3.63) is 52.8 Å². The summed E-state index contributed by atoms with van der Waals surface area (Å²) in [5.41, 5.74) is 3.36. The fraction of sp³-hybridized carbons (Fsp3) is 0.200. The largest absolute Gasteiger partial charge is 0.504 e.